The van der Waals surface area contributed by atoms with Gasteiger partial charge in [-0.15, -0.1) is 22.9 Å². The molecule has 14 heavy (non-hydrogen) atoms. The summed E-state index contributed by atoms with van der Waals surface area (Å²) in [6.07, 6.45) is 0. The highest BCUT2D eigenvalue weighted by Gasteiger charge is 2.08. The highest BCUT2D eigenvalue weighted by atomic mass is 35.5. The van der Waals surface area contributed by atoms with Gasteiger partial charge in [0.25, 0.3) is 0 Å². The molecule has 2 heteroatoms. The van der Waals surface area contributed by atoms with Gasteiger partial charge in [0.05, 0.1) is 0 Å². The Morgan fingerprint density at radius 1 is 1.21 bits per heavy atom. The Bertz CT molecular complexity index is 417. The maximum absolute atomic E-state index is 5.90. The van der Waals surface area contributed by atoms with E-state index < -0.39 is 0 Å². The van der Waals surface area contributed by atoms with Crippen molar-refractivity contribution in [1.82, 2.24) is 0 Å². The quantitative estimate of drug-likeness (QED) is 0.658. The highest BCUT2D eigenvalue weighted by Crippen LogP contribution is 2.32. The molecule has 1 heterocycles. The number of rotatable bonds is 2. The molecule has 0 radical (unpaired) electrons. The molecule has 0 saturated heterocycles. The molecule has 0 saturated carbocycles. The maximum Gasteiger partial charge on any atom is 0.0488 e. The van der Waals surface area contributed by atoms with E-state index in [0.717, 1.165) is 0 Å². The van der Waals surface area contributed by atoms with Gasteiger partial charge in [-0.05, 0) is 29.0 Å². The van der Waals surface area contributed by atoms with Crippen LogP contribution in [-0.4, -0.2) is 0 Å². The van der Waals surface area contributed by atoms with Crippen LogP contribution in [0, 0.1) is 6.92 Å². The maximum atomic E-state index is 5.90. The molecule has 0 bridgehead atoms. The van der Waals surface area contributed by atoms with Gasteiger partial charge in [-0.2, -0.15) is 0 Å². The lowest BCUT2D eigenvalue weighted by Crippen LogP contribution is -1.82. The zero-order chi connectivity index (χ0) is 9.97. The molecular formula is C12H11ClS. The number of benzene rings is 1. The molecule has 1 aromatic carbocycles. The topological polar surface area (TPSA) is 0 Å². The average Bonchev–Trinajstić information content (AvgIpc) is 2.61. The van der Waals surface area contributed by atoms with Crippen LogP contribution in [0.2, 0.25) is 0 Å². The second-order valence-electron chi connectivity index (χ2n) is 3.19. The van der Waals surface area contributed by atoms with Gasteiger partial charge in [-0.3, -0.25) is 0 Å². The third-order valence-electron chi connectivity index (χ3n) is 2.26. The molecule has 0 unspecified atom stereocenters. The van der Waals surface area contributed by atoms with Gasteiger partial charge in [0, 0.05) is 10.8 Å². The normalized spacial score (nSPS) is 10.4. The SMILES string of the molecule is Cc1scc(CCl)c1-c1ccccc1. The van der Waals surface area contributed by atoms with Crippen LogP contribution in [-0.2, 0) is 5.88 Å². The van der Waals surface area contributed by atoms with Crippen molar-refractivity contribution < 1.29 is 0 Å². The summed E-state index contributed by atoms with van der Waals surface area (Å²) < 4.78 is 0. The first-order valence-electron chi connectivity index (χ1n) is 4.51. The molecule has 1 aromatic heterocycles. The van der Waals surface area contributed by atoms with Crippen molar-refractivity contribution in [2.24, 2.45) is 0 Å². The molecule has 0 aliphatic rings. The predicted octanol–water partition coefficient (Wildman–Crippen LogP) is 4.46. The van der Waals surface area contributed by atoms with Gasteiger partial charge in [-0.25, -0.2) is 0 Å². The Kier molecular flexibility index (Phi) is 2.90. The summed E-state index contributed by atoms with van der Waals surface area (Å²) in [5, 5.41) is 2.14. The number of hydrogen-bond donors (Lipinski definition) is 0. The highest BCUT2D eigenvalue weighted by molar-refractivity contribution is 7.10. The molecule has 0 spiro atoms. The number of aryl methyl sites for hydroxylation is 1. The monoisotopic (exact) mass is 222 g/mol. The van der Waals surface area contributed by atoms with E-state index >= 15 is 0 Å². The van der Waals surface area contributed by atoms with Crippen LogP contribution >= 0.6 is 22.9 Å². The van der Waals surface area contributed by atoms with Gasteiger partial charge in [0.1, 0.15) is 0 Å². The van der Waals surface area contributed by atoms with Crippen LogP contribution in [0.25, 0.3) is 11.1 Å². The van der Waals surface area contributed by atoms with E-state index in [9.17, 15) is 0 Å². The van der Waals surface area contributed by atoms with Crippen molar-refractivity contribution in [3.8, 4) is 11.1 Å². The minimum Gasteiger partial charge on any atom is -0.148 e. The second-order valence-corrected chi connectivity index (χ2v) is 4.54. The summed E-state index contributed by atoms with van der Waals surface area (Å²) in [6, 6.07) is 10.4. The lowest BCUT2D eigenvalue weighted by atomic mass is 10.0. The molecule has 2 aromatic rings. The molecule has 2 rings (SSSR count). The van der Waals surface area contributed by atoms with Gasteiger partial charge in [-0.1, -0.05) is 30.3 Å². The molecule has 0 aliphatic carbocycles. The van der Waals surface area contributed by atoms with Crippen LogP contribution in [0.1, 0.15) is 10.4 Å². The summed E-state index contributed by atoms with van der Waals surface area (Å²) in [7, 11) is 0. The fourth-order valence-corrected chi connectivity index (χ4v) is 2.78. The summed E-state index contributed by atoms with van der Waals surface area (Å²) in [5.41, 5.74) is 3.81. The van der Waals surface area contributed by atoms with Crippen LogP contribution in [0.15, 0.2) is 35.7 Å². The second kappa shape index (κ2) is 4.16. The summed E-state index contributed by atoms with van der Waals surface area (Å²) in [5.74, 6) is 0.592. The van der Waals surface area contributed by atoms with E-state index in [0.29, 0.717) is 5.88 Å². The number of halogens is 1. The first kappa shape index (κ1) is 9.75. The molecule has 72 valence electrons. The minimum absolute atomic E-state index is 0.592. The van der Waals surface area contributed by atoms with E-state index in [-0.39, 0.29) is 0 Å². The fraction of sp³-hybridized carbons (Fsp3) is 0.167. The standard InChI is InChI=1S/C12H11ClS/c1-9-12(11(7-13)8-14-9)10-5-3-2-4-6-10/h2-6,8H,7H2,1H3. The van der Waals surface area contributed by atoms with Gasteiger partial charge in [0.15, 0.2) is 0 Å². The molecule has 0 nitrogen and oxygen atoms in total. The Labute approximate surface area is 93.2 Å². The smallest absolute Gasteiger partial charge is 0.0488 e. The third-order valence-corrected chi connectivity index (χ3v) is 3.51. The van der Waals surface area contributed by atoms with Gasteiger partial charge >= 0.3 is 0 Å². The largest absolute Gasteiger partial charge is 0.148 e. The van der Waals surface area contributed by atoms with Crippen molar-refractivity contribution in [1.29, 1.82) is 0 Å². The van der Waals surface area contributed by atoms with E-state index in [1.54, 1.807) is 11.3 Å². The van der Waals surface area contributed by atoms with Crippen LogP contribution < -0.4 is 0 Å². The van der Waals surface area contributed by atoms with Crippen molar-refractivity contribution in [2.45, 2.75) is 12.8 Å². The number of hydrogen-bond acceptors (Lipinski definition) is 1. The third kappa shape index (κ3) is 1.70. The molecule has 0 atom stereocenters. The van der Waals surface area contributed by atoms with Gasteiger partial charge < -0.3 is 0 Å². The van der Waals surface area contributed by atoms with E-state index in [2.05, 4.69) is 36.6 Å². The summed E-state index contributed by atoms with van der Waals surface area (Å²) >= 11 is 7.67. The Hall–Kier alpha value is -0.790. The fourth-order valence-electron chi connectivity index (χ4n) is 1.60. The van der Waals surface area contributed by atoms with Crippen molar-refractivity contribution in [2.75, 3.05) is 0 Å². The number of alkyl halides is 1. The summed E-state index contributed by atoms with van der Waals surface area (Å²) in [4.78, 5) is 1.34. The zero-order valence-corrected chi connectivity index (χ0v) is 9.53. The lowest BCUT2D eigenvalue weighted by Gasteiger charge is -2.02. The van der Waals surface area contributed by atoms with Crippen LogP contribution in [0.5, 0.6) is 0 Å². The Morgan fingerprint density at radius 3 is 2.57 bits per heavy atom. The lowest BCUT2D eigenvalue weighted by molar-refractivity contribution is 1.43. The first-order chi connectivity index (χ1) is 6.83. The average molecular weight is 223 g/mol. The van der Waals surface area contributed by atoms with E-state index in [1.165, 1.54) is 21.6 Å². The molecule has 0 N–H and O–H groups in total. The Morgan fingerprint density at radius 2 is 1.93 bits per heavy atom. The first-order valence-corrected chi connectivity index (χ1v) is 5.92. The predicted molar refractivity (Wildman–Crippen MR) is 64.0 cm³/mol. The number of thiophene rings is 1. The molecular weight excluding hydrogens is 212 g/mol. The van der Waals surface area contributed by atoms with Crippen molar-refractivity contribution >= 4 is 22.9 Å². The summed E-state index contributed by atoms with van der Waals surface area (Å²) in [6.45, 7) is 2.14. The van der Waals surface area contributed by atoms with Crippen molar-refractivity contribution in [3.63, 3.8) is 0 Å². The minimum atomic E-state index is 0.592. The Balaban J connectivity index is 2.55. The van der Waals surface area contributed by atoms with E-state index in [4.69, 9.17) is 11.6 Å². The van der Waals surface area contributed by atoms with Crippen LogP contribution in [0.3, 0.4) is 0 Å². The van der Waals surface area contributed by atoms with Crippen LogP contribution in [0.4, 0.5) is 0 Å². The molecule has 0 amide bonds. The zero-order valence-electron chi connectivity index (χ0n) is 7.96. The molecule has 0 fully saturated rings. The van der Waals surface area contributed by atoms with Gasteiger partial charge in [0.2, 0.25) is 0 Å². The van der Waals surface area contributed by atoms with Crippen molar-refractivity contribution in [3.05, 3.63) is 46.2 Å². The molecule has 0 aliphatic heterocycles. The van der Waals surface area contributed by atoms with E-state index in [1.807, 2.05) is 6.07 Å².